The van der Waals surface area contributed by atoms with Gasteiger partial charge in [-0.05, 0) is 10.3 Å². The number of hydrogen-bond acceptors (Lipinski definition) is 6. The van der Waals surface area contributed by atoms with Crippen LogP contribution in [0.5, 0.6) is 0 Å². The van der Waals surface area contributed by atoms with Crippen molar-refractivity contribution in [2.24, 2.45) is 5.16 Å². The Morgan fingerprint density at radius 1 is 1.70 bits per heavy atom. The monoisotopic (exact) mass is 162 g/mol. The summed E-state index contributed by atoms with van der Waals surface area (Å²) in [5, 5.41) is 17.0. The molecule has 10 heavy (non-hydrogen) atoms. The normalized spacial score (nSPS) is 11.9. The number of oxime groups is 1. The number of halogens is 1. The largest absolute Gasteiger partial charge is 0.410 e. The Morgan fingerprint density at radius 2 is 2.40 bits per heavy atom. The number of anilines is 1. The first kappa shape index (κ1) is 6.81. The predicted octanol–water partition coefficient (Wildman–Crippen LogP) is 0.0264. The molecule has 0 atom stereocenters. The van der Waals surface area contributed by atoms with Gasteiger partial charge in [-0.15, -0.1) is 0 Å². The summed E-state index contributed by atoms with van der Waals surface area (Å²) in [6.45, 7) is 0. The highest BCUT2D eigenvalue weighted by molar-refractivity contribution is 6.69. The molecule has 0 radical (unpaired) electrons. The number of aromatic nitrogens is 2. The van der Waals surface area contributed by atoms with Crippen LogP contribution in [0.3, 0.4) is 0 Å². The Kier molecular flexibility index (Phi) is 1.72. The van der Waals surface area contributed by atoms with Crippen LogP contribution < -0.4 is 5.73 Å². The number of rotatable bonds is 1. The van der Waals surface area contributed by atoms with Crippen molar-refractivity contribution in [2.45, 2.75) is 0 Å². The highest BCUT2D eigenvalue weighted by atomic mass is 35.5. The summed E-state index contributed by atoms with van der Waals surface area (Å²) in [5.41, 5.74) is 5.20. The molecule has 6 nitrogen and oxygen atoms in total. The fourth-order valence-corrected chi connectivity index (χ4v) is 0.517. The van der Waals surface area contributed by atoms with E-state index in [-0.39, 0.29) is 16.7 Å². The van der Waals surface area contributed by atoms with Crippen molar-refractivity contribution >= 4 is 22.6 Å². The van der Waals surface area contributed by atoms with E-state index in [1.165, 1.54) is 0 Å². The van der Waals surface area contributed by atoms with Crippen LogP contribution in [-0.4, -0.2) is 20.7 Å². The molecule has 0 unspecified atom stereocenters. The van der Waals surface area contributed by atoms with Crippen molar-refractivity contribution < 1.29 is 9.84 Å². The van der Waals surface area contributed by atoms with Crippen LogP contribution >= 0.6 is 11.6 Å². The average Bonchev–Trinajstić information content (AvgIpc) is 2.34. The van der Waals surface area contributed by atoms with E-state index in [0.29, 0.717) is 0 Å². The molecule has 1 rings (SSSR count). The van der Waals surface area contributed by atoms with Gasteiger partial charge in [0.25, 0.3) is 0 Å². The van der Waals surface area contributed by atoms with E-state index in [2.05, 4.69) is 20.1 Å². The molecule has 1 heterocycles. The quantitative estimate of drug-likeness (QED) is 0.345. The van der Waals surface area contributed by atoms with Gasteiger partial charge < -0.3 is 10.9 Å². The lowest BCUT2D eigenvalue weighted by atomic mass is 10.5. The maximum absolute atomic E-state index is 8.12. The number of hydrogen-bond donors (Lipinski definition) is 2. The molecule has 7 heteroatoms. The summed E-state index contributed by atoms with van der Waals surface area (Å²) in [6, 6.07) is 0. The van der Waals surface area contributed by atoms with Gasteiger partial charge >= 0.3 is 0 Å². The highest BCUT2D eigenvalue weighted by Gasteiger charge is 2.10. The topological polar surface area (TPSA) is 97.5 Å². The zero-order valence-electron chi connectivity index (χ0n) is 4.65. The van der Waals surface area contributed by atoms with Crippen LogP contribution in [-0.2, 0) is 0 Å². The predicted molar refractivity (Wildman–Crippen MR) is 32.9 cm³/mol. The van der Waals surface area contributed by atoms with Gasteiger partial charge in [0.15, 0.2) is 11.5 Å². The van der Waals surface area contributed by atoms with Gasteiger partial charge in [-0.3, -0.25) is 0 Å². The molecule has 1 aromatic rings. The molecule has 3 N–H and O–H groups in total. The minimum absolute atomic E-state index is 0.0113. The molecule has 54 valence electrons. The molecule has 0 fully saturated rings. The zero-order chi connectivity index (χ0) is 7.56. The first-order valence-corrected chi connectivity index (χ1v) is 2.59. The van der Waals surface area contributed by atoms with E-state index < -0.39 is 0 Å². The molecule has 0 aliphatic heterocycles. The van der Waals surface area contributed by atoms with Crippen LogP contribution in [0.25, 0.3) is 0 Å². The van der Waals surface area contributed by atoms with E-state index in [1.54, 1.807) is 0 Å². The first-order valence-electron chi connectivity index (χ1n) is 2.21. The number of nitrogens with two attached hydrogens (primary N) is 1. The molecule has 0 aliphatic carbocycles. The van der Waals surface area contributed by atoms with Crippen molar-refractivity contribution in [2.75, 3.05) is 5.73 Å². The minimum Gasteiger partial charge on any atom is -0.410 e. The Balaban J connectivity index is 3.05. The third kappa shape index (κ3) is 1.01. The summed E-state index contributed by atoms with van der Waals surface area (Å²) in [5.74, 6) is -0.0113. The van der Waals surface area contributed by atoms with Gasteiger partial charge in [-0.2, -0.15) is 0 Å². The highest BCUT2D eigenvalue weighted by Crippen LogP contribution is 2.07. The zero-order valence-corrected chi connectivity index (χ0v) is 5.41. The van der Waals surface area contributed by atoms with Gasteiger partial charge in [0.1, 0.15) is 0 Å². The molecule has 0 saturated carbocycles. The molecular weight excluding hydrogens is 160 g/mol. The lowest BCUT2D eigenvalue weighted by Crippen LogP contribution is -1.97. The van der Waals surface area contributed by atoms with Gasteiger partial charge in [0, 0.05) is 0 Å². The van der Waals surface area contributed by atoms with Crippen molar-refractivity contribution in [1.82, 2.24) is 10.3 Å². The van der Waals surface area contributed by atoms with Gasteiger partial charge in [-0.1, -0.05) is 16.8 Å². The molecule has 0 aromatic carbocycles. The van der Waals surface area contributed by atoms with Crippen molar-refractivity contribution in [3.63, 3.8) is 0 Å². The average molecular weight is 163 g/mol. The summed E-state index contributed by atoms with van der Waals surface area (Å²) in [7, 11) is 0. The van der Waals surface area contributed by atoms with Gasteiger partial charge in [0.2, 0.25) is 5.17 Å². The van der Waals surface area contributed by atoms with Gasteiger partial charge in [-0.25, -0.2) is 4.63 Å². The fourth-order valence-electron chi connectivity index (χ4n) is 0.386. The summed E-state index contributed by atoms with van der Waals surface area (Å²) >= 11 is 5.29. The summed E-state index contributed by atoms with van der Waals surface area (Å²) in [6.07, 6.45) is 0. The van der Waals surface area contributed by atoms with E-state index in [9.17, 15) is 0 Å². The second-order valence-electron chi connectivity index (χ2n) is 1.39. The van der Waals surface area contributed by atoms with E-state index in [0.717, 1.165) is 0 Å². The molecule has 0 amide bonds. The SMILES string of the molecule is Nc1nonc1/C(Cl)=N/O. The maximum atomic E-state index is 8.12. The third-order valence-electron chi connectivity index (χ3n) is 0.797. The van der Waals surface area contributed by atoms with Crippen molar-refractivity contribution in [1.29, 1.82) is 0 Å². The molecule has 0 bridgehead atoms. The van der Waals surface area contributed by atoms with Crippen LogP contribution in [0.2, 0.25) is 0 Å². The standard InChI is InChI=1S/C3H3ClN4O2/c4-2(6-9)1-3(5)8-10-7-1/h9H,(H2,5,8)/b6-2-. The molecule has 0 spiro atoms. The van der Waals surface area contributed by atoms with Gasteiger partial charge in [0.05, 0.1) is 0 Å². The maximum Gasteiger partial charge on any atom is 0.201 e. The summed E-state index contributed by atoms with van der Waals surface area (Å²) in [4.78, 5) is 0. The Hall–Kier alpha value is -1.30. The van der Waals surface area contributed by atoms with Crippen LogP contribution in [0.1, 0.15) is 5.69 Å². The summed E-state index contributed by atoms with van der Waals surface area (Å²) < 4.78 is 4.17. The van der Waals surface area contributed by atoms with E-state index >= 15 is 0 Å². The lowest BCUT2D eigenvalue weighted by Gasteiger charge is -1.84. The second-order valence-corrected chi connectivity index (χ2v) is 1.75. The fraction of sp³-hybridized carbons (Fsp3) is 0. The Bertz CT molecular complexity index is 257. The van der Waals surface area contributed by atoms with Crippen LogP contribution in [0.15, 0.2) is 9.78 Å². The van der Waals surface area contributed by atoms with E-state index in [1.807, 2.05) is 0 Å². The smallest absolute Gasteiger partial charge is 0.201 e. The molecule has 1 aromatic heterocycles. The third-order valence-corrected chi connectivity index (χ3v) is 1.05. The van der Waals surface area contributed by atoms with E-state index in [4.69, 9.17) is 22.5 Å². The van der Waals surface area contributed by atoms with Crippen LogP contribution in [0.4, 0.5) is 5.82 Å². The Labute approximate surface area is 60.2 Å². The van der Waals surface area contributed by atoms with Crippen LogP contribution in [0, 0.1) is 0 Å². The minimum atomic E-state index is -0.251. The Morgan fingerprint density at radius 3 is 2.80 bits per heavy atom. The molecule has 0 saturated heterocycles. The van der Waals surface area contributed by atoms with Crippen molar-refractivity contribution in [3.05, 3.63) is 5.69 Å². The number of nitrogens with zero attached hydrogens (tertiary/aromatic N) is 3. The van der Waals surface area contributed by atoms with Crippen molar-refractivity contribution in [3.8, 4) is 0 Å². The lowest BCUT2D eigenvalue weighted by molar-refractivity contribution is 0.305. The first-order chi connectivity index (χ1) is 4.75. The second kappa shape index (κ2) is 2.53. The molecular formula is C3H3ClN4O2. The number of nitrogen functional groups attached to an aromatic ring is 1. The molecule has 0 aliphatic rings.